The van der Waals surface area contributed by atoms with Crippen molar-refractivity contribution in [1.29, 1.82) is 5.41 Å². The molecule has 0 saturated heterocycles. The predicted molar refractivity (Wildman–Crippen MR) is 125 cm³/mol. The van der Waals surface area contributed by atoms with Gasteiger partial charge in [0.25, 0.3) is 0 Å². The molecule has 4 nitrogen and oxygen atoms in total. The van der Waals surface area contributed by atoms with E-state index in [-0.39, 0.29) is 11.2 Å². The van der Waals surface area contributed by atoms with E-state index in [1.807, 2.05) is 31.2 Å². The number of thioether (sulfide) groups is 1. The lowest BCUT2D eigenvalue weighted by molar-refractivity contribution is 0.448. The van der Waals surface area contributed by atoms with Gasteiger partial charge in [-0.3, -0.25) is 10.8 Å². The molecule has 0 fully saturated rings. The molecule has 3 rings (SSSR count). The predicted octanol–water partition coefficient (Wildman–Crippen LogP) is 6.34. The highest BCUT2D eigenvalue weighted by Crippen LogP contribution is 2.37. The molecule has 5 heteroatoms. The van der Waals surface area contributed by atoms with Crippen LogP contribution in [0.2, 0.25) is 0 Å². The Kier molecular flexibility index (Phi) is 5.99. The third-order valence-corrected chi connectivity index (χ3v) is 5.58. The largest absolute Gasteiger partial charge is 0.505 e. The van der Waals surface area contributed by atoms with Crippen LogP contribution in [0.15, 0.2) is 69.5 Å². The number of aromatic hydroxyl groups is 1. The molecule has 0 aromatic heterocycles. The van der Waals surface area contributed by atoms with Gasteiger partial charge in [-0.15, -0.1) is 0 Å². The molecule has 29 heavy (non-hydrogen) atoms. The first-order valence-electron chi connectivity index (χ1n) is 9.54. The number of anilines is 1. The Morgan fingerprint density at radius 3 is 2.34 bits per heavy atom. The van der Waals surface area contributed by atoms with Crippen LogP contribution in [0.3, 0.4) is 0 Å². The summed E-state index contributed by atoms with van der Waals surface area (Å²) in [6.07, 6.45) is 5.55. The number of benzene rings is 2. The van der Waals surface area contributed by atoms with Crippen molar-refractivity contribution in [2.24, 2.45) is 5.10 Å². The van der Waals surface area contributed by atoms with Crippen LogP contribution in [0.1, 0.15) is 37.5 Å². The maximum Gasteiger partial charge on any atom is 0.144 e. The second kappa shape index (κ2) is 8.29. The van der Waals surface area contributed by atoms with Crippen molar-refractivity contribution in [2.75, 3.05) is 5.43 Å². The maximum atomic E-state index is 10.7. The Labute approximate surface area is 177 Å². The number of hydrogen-bond donors (Lipinski definition) is 3. The zero-order valence-corrected chi connectivity index (χ0v) is 18.3. The Morgan fingerprint density at radius 2 is 1.69 bits per heavy atom. The molecule has 2 aromatic rings. The standard InChI is InChI=1S/C24H27N3OS/c1-15-6-8-17(9-7-15)29-18-10-11-20(25)21(14-18)26-27-22-13-16(2)12-19(23(22)28)24(3,4)5/h6-14,25,27-28H,1-5H3/b25-20?,26-21-. The molecule has 0 radical (unpaired) electrons. The smallest absolute Gasteiger partial charge is 0.144 e. The zero-order chi connectivity index (χ0) is 21.2. The topological polar surface area (TPSA) is 68.5 Å². The maximum absolute atomic E-state index is 10.7. The molecule has 0 aliphatic heterocycles. The van der Waals surface area contributed by atoms with Crippen LogP contribution in [0.5, 0.6) is 5.75 Å². The lowest BCUT2D eigenvalue weighted by Crippen LogP contribution is -2.14. The summed E-state index contributed by atoms with van der Waals surface area (Å²) in [7, 11) is 0. The molecule has 0 unspecified atom stereocenters. The van der Waals surface area contributed by atoms with Crippen LogP contribution in [0, 0.1) is 19.3 Å². The van der Waals surface area contributed by atoms with Crippen LogP contribution in [0.25, 0.3) is 0 Å². The zero-order valence-electron chi connectivity index (χ0n) is 17.5. The van der Waals surface area contributed by atoms with Gasteiger partial charge in [-0.1, -0.05) is 56.3 Å². The average Bonchev–Trinajstić information content (AvgIpc) is 2.65. The molecular weight excluding hydrogens is 378 g/mol. The number of nitrogens with one attached hydrogen (secondary N) is 2. The van der Waals surface area contributed by atoms with E-state index < -0.39 is 0 Å². The second-order valence-electron chi connectivity index (χ2n) is 8.28. The molecule has 0 saturated carbocycles. The minimum Gasteiger partial charge on any atom is -0.505 e. The molecule has 0 bridgehead atoms. The first-order chi connectivity index (χ1) is 13.6. The lowest BCUT2D eigenvalue weighted by atomic mass is 9.85. The number of hydrogen-bond acceptors (Lipinski definition) is 5. The minimum absolute atomic E-state index is 0.183. The number of rotatable bonds is 4. The van der Waals surface area contributed by atoms with Crippen LogP contribution >= 0.6 is 11.8 Å². The summed E-state index contributed by atoms with van der Waals surface area (Å²) < 4.78 is 0. The highest BCUT2D eigenvalue weighted by Gasteiger charge is 2.21. The van der Waals surface area contributed by atoms with Gasteiger partial charge in [0.2, 0.25) is 0 Å². The van der Waals surface area contributed by atoms with E-state index in [0.29, 0.717) is 17.1 Å². The van der Waals surface area contributed by atoms with E-state index in [0.717, 1.165) is 20.9 Å². The Morgan fingerprint density at radius 1 is 1.00 bits per heavy atom. The molecule has 0 atom stereocenters. The van der Waals surface area contributed by atoms with Crippen molar-refractivity contribution >= 4 is 28.9 Å². The fourth-order valence-corrected chi connectivity index (χ4v) is 3.82. The summed E-state index contributed by atoms with van der Waals surface area (Å²) in [6.45, 7) is 10.3. The third-order valence-electron chi connectivity index (χ3n) is 4.58. The summed E-state index contributed by atoms with van der Waals surface area (Å²) >= 11 is 1.63. The van der Waals surface area contributed by atoms with Gasteiger partial charge in [0, 0.05) is 15.4 Å². The molecule has 2 aromatic carbocycles. The quantitative estimate of drug-likeness (QED) is 0.316. The normalized spacial score (nSPS) is 15.6. The molecule has 0 heterocycles. The van der Waals surface area contributed by atoms with Gasteiger partial charge < -0.3 is 5.11 Å². The summed E-state index contributed by atoms with van der Waals surface area (Å²) in [5.41, 5.74) is 7.32. The number of phenols is 1. The molecule has 1 aliphatic rings. The van der Waals surface area contributed by atoms with Gasteiger partial charge in [0.1, 0.15) is 11.5 Å². The lowest BCUT2D eigenvalue weighted by Gasteiger charge is -2.22. The summed E-state index contributed by atoms with van der Waals surface area (Å²) in [5, 5.41) is 23.3. The molecule has 0 amide bonds. The third kappa shape index (κ3) is 5.18. The van der Waals surface area contributed by atoms with E-state index in [4.69, 9.17) is 5.41 Å². The van der Waals surface area contributed by atoms with Crippen molar-refractivity contribution in [3.05, 3.63) is 76.2 Å². The molecule has 0 spiro atoms. The first-order valence-corrected chi connectivity index (χ1v) is 10.4. The van der Waals surface area contributed by atoms with Gasteiger partial charge in [-0.05, 0) is 61.3 Å². The molecule has 150 valence electrons. The van der Waals surface area contributed by atoms with E-state index in [9.17, 15) is 5.11 Å². The van der Waals surface area contributed by atoms with Crippen molar-refractivity contribution in [2.45, 2.75) is 44.9 Å². The fraction of sp³-hybridized carbons (Fsp3) is 0.250. The van der Waals surface area contributed by atoms with Crippen molar-refractivity contribution in [3.8, 4) is 5.75 Å². The van der Waals surface area contributed by atoms with Crippen LogP contribution in [0.4, 0.5) is 5.69 Å². The second-order valence-corrected chi connectivity index (χ2v) is 9.42. The van der Waals surface area contributed by atoms with Crippen LogP contribution in [-0.2, 0) is 5.41 Å². The Bertz CT molecular complexity index is 1030. The molecule has 1 aliphatic carbocycles. The number of aryl methyl sites for hydroxylation is 2. The Balaban J connectivity index is 1.85. The van der Waals surface area contributed by atoms with E-state index in [1.165, 1.54) is 5.56 Å². The number of hydrazone groups is 1. The van der Waals surface area contributed by atoms with Gasteiger partial charge in [0.05, 0.1) is 11.4 Å². The average molecular weight is 406 g/mol. The van der Waals surface area contributed by atoms with Crippen molar-refractivity contribution < 1.29 is 5.11 Å². The number of nitrogens with zero attached hydrogens (tertiary/aromatic N) is 1. The highest BCUT2D eigenvalue weighted by molar-refractivity contribution is 8.03. The van der Waals surface area contributed by atoms with E-state index in [2.05, 4.69) is 62.5 Å². The van der Waals surface area contributed by atoms with E-state index in [1.54, 1.807) is 17.8 Å². The molecular formula is C24H27N3OS. The van der Waals surface area contributed by atoms with Gasteiger partial charge in [-0.2, -0.15) is 5.10 Å². The van der Waals surface area contributed by atoms with Gasteiger partial charge in [0.15, 0.2) is 0 Å². The van der Waals surface area contributed by atoms with Crippen molar-refractivity contribution in [3.63, 3.8) is 0 Å². The monoisotopic (exact) mass is 405 g/mol. The number of phenolic OH excluding ortho intramolecular Hbond substituents is 1. The van der Waals surface area contributed by atoms with Gasteiger partial charge in [-0.25, -0.2) is 0 Å². The minimum atomic E-state index is -0.183. The SMILES string of the molecule is Cc1ccc(SC2=C/C(=N/Nc3cc(C)cc(C(C)(C)C)c3O)C(=N)C=C2)cc1. The van der Waals surface area contributed by atoms with Crippen molar-refractivity contribution in [1.82, 2.24) is 0 Å². The Hall–Kier alpha value is -2.79. The summed E-state index contributed by atoms with van der Waals surface area (Å²) in [4.78, 5) is 2.15. The molecule has 3 N–H and O–H groups in total. The van der Waals surface area contributed by atoms with Crippen LogP contribution < -0.4 is 5.43 Å². The van der Waals surface area contributed by atoms with E-state index >= 15 is 0 Å². The summed E-state index contributed by atoms with van der Waals surface area (Å²) in [6, 6.07) is 12.2. The highest BCUT2D eigenvalue weighted by atomic mass is 32.2. The van der Waals surface area contributed by atoms with Gasteiger partial charge >= 0.3 is 0 Å². The van der Waals surface area contributed by atoms with Crippen LogP contribution in [-0.4, -0.2) is 16.5 Å². The first kappa shape index (κ1) is 20.9. The number of allylic oxidation sites excluding steroid dienone is 3. The summed E-state index contributed by atoms with van der Waals surface area (Å²) in [5.74, 6) is 0.198. The fourth-order valence-electron chi connectivity index (χ4n) is 2.97.